The fourth-order valence-corrected chi connectivity index (χ4v) is 9.13. The minimum Gasteiger partial charge on any atom is -0.371 e. The van der Waals surface area contributed by atoms with Gasteiger partial charge < -0.3 is 20.4 Å². The van der Waals surface area contributed by atoms with E-state index in [0.29, 0.717) is 22.7 Å². The van der Waals surface area contributed by atoms with Crippen molar-refractivity contribution in [2.75, 3.05) is 42.9 Å². The Kier molecular flexibility index (Phi) is 11.7. The number of fused-ring (bicyclic) bond motifs is 1. The number of hydrogen-bond donors (Lipinski definition) is 3. The number of nitrogens with one attached hydrogen (secondary N) is 3. The summed E-state index contributed by atoms with van der Waals surface area (Å²) in [6.45, 7) is 12.7. The summed E-state index contributed by atoms with van der Waals surface area (Å²) in [7, 11) is 0. The van der Waals surface area contributed by atoms with E-state index in [1.807, 2.05) is 56.8 Å². The van der Waals surface area contributed by atoms with Crippen molar-refractivity contribution in [2.24, 2.45) is 5.92 Å². The lowest BCUT2D eigenvalue weighted by molar-refractivity contribution is -0.136. The minimum atomic E-state index is -0.982. The second kappa shape index (κ2) is 17.6. The average molecular weight is 886 g/mol. The van der Waals surface area contributed by atoms with Crippen LogP contribution in [0.4, 0.5) is 21.7 Å². The van der Waals surface area contributed by atoms with Crippen molar-refractivity contribution in [3.05, 3.63) is 95.0 Å². The standard InChI is InChI=1S/C46H52FN13O5/c1-27-19-29(5-6-30(27)21-48-41(62)37-26-59(55-54-37)46(2,3)4)40-36(47)23-49-45(53-40)51-31-22-50-58(25-31)32-13-15-56(16-14-32)24-28-11-17-57(18-12-28)33-7-8-34-35(20-33)44(65)60(43(34)64)38-9-10-39(61)52-42(38)63/h5-8,19-20,22-23,25-26,28,32,38H,9-18,21,24H2,1-4H3,(H,48,62)(H,49,51,53)(H,52,61,63). The van der Waals surface area contributed by atoms with E-state index in [9.17, 15) is 24.0 Å². The molecule has 0 aliphatic carbocycles. The summed E-state index contributed by atoms with van der Waals surface area (Å²) in [5.41, 5.74) is 4.58. The highest BCUT2D eigenvalue weighted by atomic mass is 19.1. The number of rotatable bonds is 11. The molecule has 18 nitrogen and oxygen atoms in total. The fraction of sp³-hybridized carbons (Fsp3) is 0.435. The minimum absolute atomic E-state index is 0.0841. The molecule has 5 aromatic rings. The number of hydrogen-bond acceptors (Lipinski definition) is 13. The Balaban J connectivity index is 0.737. The number of halogens is 1. The average Bonchev–Trinajstić information content (AvgIpc) is 4.04. The molecule has 1 atom stereocenters. The Morgan fingerprint density at radius 3 is 2.40 bits per heavy atom. The van der Waals surface area contributed by atoms with Crippen LogP contribution < -0.4 is 20.9 Å². The van der Waals surface area contributed by atoms with Crippen molar-refractivity contribution in [2.45, 2.75) is 90.4 Å². The Bertz CT molecular complexity index is 2670. The van der Waals surface area contributed by atoms with Gasteiger partial charge >= 0.3 is 0 Å². The Morgan fingerprint density at radius 1 is 0.908 bits per heavy atom. The van der Waals surface area contributed by atoms with Crippen molar-refractivity contribution in [3.63, 3.8) is 0 Å². The van der Waals surface area contributed by atoms with Crippen LogP contribution in [0.1, 0.15) is 108 Å². The number of likely N-dealkylation sites (tertiary alicyclic amines) is 1. The molecule has 5 amide bonds. The zero-order valence-corrected chi connectivity index (χ0v) is 36.9. The van der Waals surface area contributed by atoms with Crippen LogP contribution in [0.5, 0.6) is 0 Å². The lowest BCUT2D eigenvalue weighted by atomic mass is 9.94. The lowest BCUT2D eigenvalue weighted by Crippen LogP contribution is -2.54. The van der Waals surface area contributed by atoms with Gasteiger partial charge in [-0.3, -0.25) is 38.9 Å². The highest BCUT2D eigenvalue weighted by molar-refractivity contribution is 6.23. The monoisotopic (exact) mass is 885 g/mol. The van der Waals surface area contributed by atoms with E-state index in [4.69, 9.17) is 0 Å². The second-order valence-electron chi connectivity index (χ2n) is 18.4. The smallest absolute Gasteiger partial charge is 0.273 e. The first-order valence-corrected chi connectivity index (χ1v) is 22.2. The first kappa shape index (κ1) is 43.4. The van der Waals surface area contributed by atoms with Gasteiger partial charge in [0.1, 0.15) is 11.7 Å². The van der Waals surface area contributed by atoms with Gasteiger partial charge in [-0.05, 0) is 101 Å². The molecule has 0 saturated carbocycles. The van der Waals surface area contributed by atoms with E-state index >= 15 is 4.39 Å². The quantitative estimate of drug-likeness (QED) is 0.153. The van der Waals surface area contributed by atoms with Crippen molar-refractivity contribution >= 4 is 46.9 Å². The van der Waals surface area contributed by atoms with Crippen molar-refractivity contribution in [1.29, 1.82) is 0 Å². The molecule has 4 aliphatic rings. The molecule has 338 valence electrons. The van der Waals surface area contributed by atoms with Crippen LogP contribution in [0.25, 0.3) is 11.3 Å². The summed E-state index contributed by atoms with van der Waals surface area (Å²) in [6.07, 6.45) is 10.6. The van der Waals surface area contributed by atoms with E-state index in [-0.39, 0.29) is 59.8 Å². The fourth-order valence-electron chi connectivity index (χ4n) is 9.13. The zero-order valence-electron chi connectivity index (χ0n) is 36.9. The van der Waals surface area contributed by atoms with Gasteiger partial charge in [0.05, 0.1) is 47.0 Å². The molecule has 65 heavy (non-hydrogen) atoms. The van der Waals surface area contributed by atoms with E-state index in [1.54, 1.807) is 35.3 Å². The molecule has 19 heteroatoms. The van der Waals surface area contributed by atoms with Crippen LogP contribution in [0, 0.1) is 18.7 Å². The second-order valence-corrected chi connectivity index (χ2v) is 18.4. The highest BCUT2D eigenvalue weighted by Crippen LogP contribution is 2.33. The summed E-state index contributed by atoms with van der Waals surface area (Å²) in [4.78, 5) is 77.9. The lowest BCUT2D eigenvalue weighted by Gasteiger charge is -2.38. The molecule has 1 unspecified atom stereocenters. The number of amides is 5. The predicted octanol–water partition coefficient (Wildman–Crippen LogP) is 4.76. The van der Waals surface area contributed by atoms with Gasteiger partial charge in [-0.15, -0.1) is 5.10 Å². The predicted molar refractivity (Wildman–Crippen MR) is 237 cm³/mol. The first-order valence-electron chi connectivity index (χ1n) is 22.2. The number of benzene rings is 2. The van der Waals surface area contributed by atoms with Crippen molar-refractivity contribution in [1.82, 2.24) is 55.2 Å². The summed E-state index contributed by atoms with van der Waals surface area (Å²) in [6, 6.07) is 10.0. The van der Waals surface area contributed by atoms with Gasteiger partial charge in [0.15, 0.2) is 11.5 Å². The topological polar surface area (TPSA) is 205 Å². The van der Waals surface area contributed by atoms with E-state index in [2.05, 4.69) is 51.1 Å². The summed E-state index contributed by atoms with van der Waals surface area (Å²) in [5, 5.41) is 21.0. The molecule has 3 N–H and O–H groups in total. The van der Waals surface area contributed by atoms with Crippen LogP contribution in [0.2, 0.25) is 0 Å². The molecular formula is C46H52FN13O5. The molecule has 0 radical (unpaired) electrons. The number of nitrogens with zero attached hydrogens (tertiary/aromatic N) is 10. The number of aryl methyl sites for hydroxylation is 1. The maximum atomic E-state index is 15.1. The Morgan fingerprint density at radius 2 is 1.68 bits per heavy atom. The van der Waals surface area contributed by atoms with Gasteiger partial charge in [-0.1, -0.05) is 17.3 Å². The van der Waals surface area contributed by atoms with Crippen LogP contribution >= 0.6 is 0 Å². The first-order chi connectivity index (χ1) is 31.2. The van der Waals surface area contributed by atoms with E-state index < -0.39 is 35.5 Å². The van der Waals surface area contributed by atoms with Crippen LogP contribution in [0.15, 0.2) is 61.2 Å². The molecule has 9 rings (SSSR count). The SMILES string of the molecule is Cc1cc(-c2nc(Nc3cnn(C4CCN(CC5CCN(c6ccc7c(c6)C(=O)N(C6CCC(=O)NC6=O)C7=O)CC5)CC4)c3)ncc2F)ccc1CNC(=O)c1cn(C(C)(C)C)nn1. The number of piperidine rings is 3. The van der Waals surface area contributed by atoms with Gasteiger partial charge in [-0.2, -0.15) is 5.10 Å². The zero-order chi connectivity index (χ0) is 45.6. The van der Waals surface area contributed by atoms with E-state index in [0.717, 1.165) is 86.3 Å². The maximum absolute atomic E-state index is 15.1. The Labute approximate surface area is 375 Å². The number of anilines is 3. The number of imide groups is 2. The number of carbonyl (C=O) groups is 5. The third-order valence-electron chi connectivity index (χ3n) is 12.9. The molecule has 4 aliphatic heterocycles. The van der Waals surface area contributed by atoms with Gasteiger partial charge in [0, 0.05) is 63.1 Å². The summed E-state index contributed by atoms with van der Waals surface area (Å²) in [5.74, 6) is -2.10. The van der Waals surface area contributed by atoms with E-state index in [1.165, 1.54) is 0 Å². The Hall–Kier alpha value is -6.89. The molecule has 3 aromatic heterocycles. The molecule has 0 bridgehead atoms. The molecule has 2 aromatic carbocycles. The van der Waals surface area contributed by atoms with Crippen LogP contribution in [-0.4, -0.2) is 113 Å². The molecule has 7 heterocycles. The normalized spacial score (nSPS) is 18.9. The highest BCUT2D eigenvalue weighted by Gasteiger charge is 2.45. The molecule has 3 saturated heterocycles. The van der Waals surface area contributed by atoms with Crippen LogP contribution in [0.3, 0.4) is 0 Å². The van der Waals surface area contributed by atoms with Crippen LogP contribution in [-0.2, 0) is 21.7 Å². The maximum Gasteiger partial charge on any atom is 0.273 e. The van der Waals surface area contributed by atoms with Crippen molar-refractivity contribution < 1.29 is 28.4 Å². The van der Waals surface area contributed by atoms with Gasteiger partial charge in [-0.25, -0.2) is 19.0 Å². The van der Waals surface area contributed by atoms with Gasteiger partial charge in [0.2, 0.25) is 17.8 Å². The molecule has 3 fully saturated rings. The molecular weight excluding hydrogens is 834 g/mol. The number of carbonyl (C=O) groups excluding carboxylic acids is 5. The van der Waals surface area contributed by atoms with Gasteiger partial charge in [0.25, 0.3) is 17.7 Å². The number of aromatic nitrogens is 7. The molecule has 0 spiro atoms. The largest absolute Gasteiger partial charge is 0.371 e. The summed E-state index contributed by atoms with van der Waals surface area (Å²) >= 11 is 0. The third-order valence-corrected chi connectivity index (χ3v) is 12.9. The summed E-state index contributed by atoms with van der Waals surface area (Å²) < 4.78 is 18.8. The third kappa shape index (κ3) is 9.09. The van der Waals surface area contributed by atoms with Crippen molar-refractivity contribution in [3.8, 4) is 11.3 Å².